The quantitative estimate of drug-likeness (QED) is 0.857. The summed E-state index contributed by atoms with van der Waals surface area (Å²) >= 11 is 3.32. The highest BCUT2D eigenvalue weighted by Gasteiger charge is 2.73. The fourth-order valence-corrected chi connectivity index (χ4v) is 2.16. The third-order valence-corrected chi connectivity index (χ3v) is 3.50. The summed E-state index contributed by atoms with van der Waals surface area (Å²) in [5.41, 5.74) is 0. The van der Waals surface area contributed by atoms with Crippen molar-refractivity contribution in [1.29, 1.82) is 0 Å². The van der Waals surface area contributed by atoms with Crippen molar-refractivity contribution in [2.24, 2.45) is 0 Å². The Bertz CT molecular complexity index is 437. The van der Waals surface area contributed by atoms with Crippen LogP contribution in [0, 0.1) is 0 Å². The largest absolute Gasteiger partial charge is 0.491 e. The zero-order chi connectivity index (χ0) is 12.8. The van der Waals surface area contributed by atoms with Gasteiger partial charge in [0.1, 0.15) is 18.5 Å². The maximum Gasteiger partial charge on any atom is 0.304 e. The summed E-state index contributed by atoms with van der Waals surface area (Å²) in [5, 5.41) is 0. The Labute approximate surface area is 111 Å². The van der Waals surface area contributed by atoms with Gasteiger partial charge in [0.15, 0.2) is 12.2 Å². The number of rotatable bonds is 3. The number of hydrogen-bond acceptors (Lipinski definition) is 3. The van der Waals surface area contributed by atoms with Gasteiger partial charge in [-0.15, -0.1) is 0 Å². The number of halogens is 3. The predicted molar refractivity (Wildman–Crippen MR) is 63.0 cm³/mol. The molecule has 1 unspecified atom stereocenters. The number of hydrogen-bond donors (Lipinski definition) is 0. The highest BCUT2D eigenvalue weighted by atomic mass is 79.9. The van der Waals surface area contributed by atoms with E-state index >= 15 is 0 Å². The second-order valence-electron chi connectivity index (χ2n) is 4.37. The van der Waals surface area contributed by atoms with Crippen LogP contribution in [0.4, 0.5) is 8.78 Å². The van der Waals surface area contributed by atoms with Crippen molar-refractivity contribution in [2.75, 3.05) is 13.2 Å². The average molecular weight is 321 g/mol. The molecule has 0 spiro atoms. The molecular formula is C12H11BrF2O3. The zero-order valence-electron chi connectivity index (χ0n) is 9.31. The van der Waals surface area contributed by atoms with Crippen LogP contribution < -0.4 is 4.74 Å². The Kier molecular flexibility index (Phi) is 3.03. The van der Waals surface area contributed by atoms with E-state index in [-0.39, 0.29) is 13.2 Å². The van der Waals surface area contributed by atoms with E-state index in [1.807, 2.05) is 12.1 Å². The van der Waals surface area contributed by atoms with Crippen LogP contribution in [-0.2, 0) is 9.47 Å². The van der Waals surface area contributed by atoms with Crippen LogP contribution in [0.15, 0.2) is 28.7 Å². The Morgan fingerprint density at radius 1 is 1.28 bits per heavy atom. The molecule has 2 fully saturated rings. The first-order valence-electron chi connectivity index (χ1n) is 5.60. The molecule has 1 aliphatic heterocycles. The molecule has 0 amide bonds. The van der Waals surface area contributed by atoms with Gasteiger partial charge in [0.25, 0.3) is 0 Å². The van der Waals surface area contributed by atoms with Gasteiger partial charge in [0.2, 0.25) is 0 Å². The summed E-state index contributed by atoms with van der Waals surface area (Å²) < 4.78 is 42.6. The van der Waals surface area contributed by atoms with Crippen LogP contribution in [0.25, 0.3) is 0 Å². The molecule has 1 aromatic rings. The lowest BCUT2D eigenvalue weighted by Gasteiger charge is -2.21. The summed E-state index contributed by atoms with van der Waals surface area (Å²) in [4.78, 5) is 0. The molecule has 1 heterocycles. The van der Waals surface area contributed by atoms with Gasteiger partial charge in [-0.3, -0.25) is 0 Å². The topological polar surface area (TPSA) is 27.7 Å². The van der Waals surface area contributed by atoms with Crippen LogP contribution in [0.5, 0.6) is 5.75 Å². The highest BCUT2D eigenvalue weighted by Crippen LogP contribution is 2.49. The van der Waals surface area contributed by atoms with Gasteiger partial charge in [-0.05, 0) is 24.3 Å². The Balaban J connectivity index is 1.51. The van der Waals surface area contributed by atoms with Gasteiger partial charge in [-0.25, -0.2) is 8.78 Å². The molecule has 2 aliphatic rings. The first-order valence-corrected chi connectivity index (χ1v) is 6.40. The Hall–Kier alpha value is -0.720. The lowest BCUT2D eigenvalue weighted by atomic mass is 10.3. The molecule has 98 valence electrons. The number of benzene rings is 1. The normalized spacial score (nSPS) is 32.7. The van der Waals surface area contributed by atoms with E-state index in [0.717, 1.165) is 4.47 Å². The number of fused-ring (bicyclic) bond motifs is 1. The van der Waals surface area contributed by atoms with E-state index in [2.05, 4.69) is 15.9 Å². The fourth-order valence-electron chi connectivity index (χ4n) is 1.90. The molecule has 18 heavy (non-hydrogen) atoms. The summed E-state index contributed by atoms with van der Waals surface area (Å²) in [7, 11) is 0. The van der Waals surface area contributed by atoms with Crippen molar-refractivity contribution in [3.05, 3.63) is 28.7 Å². The van der Waals surface area contributed by atoms with Gasteiger partial charge in [-0.1, -0.05) is 15.9 Å². The van der Waals surface area contributed by atoms with Crippen LogP contribution in [0.3, 0.4) is 0 Å². The monoisotopic (exact) mass is 320 g/mol. The second-order valence-corrected chi connectivity index (χ2v) is 5.29. The van der Waals surface area contributed by atoms with Gasteiger partial charge < -0.3 is 14.2 Å². The molecular weight excluding hydrogens is 310 g/mol. The molecule has 0 bridgehead atoms. The van der Waals surface area contributed by atoms with Crippen LogP contribution in [-0.4, -0.2) is 37.4 Å². The van der Waals surface area contributed by atoms with Crippen molar-refractivity contribution in [1.82, 2.24) is 0 Å². The molecule has 3 rings (SSSR count). The lowest BCUT2D eigenvalue weighted by Crippen LogP contribution is -2.33. The first kappa shape index (κ1) is 12.3. The van der Waals surface area contributed by atoms with Crippen molar-refractivity contribution in [3.63, 3.8) is 0 Å². The SMILES string of the molecule is FC1(F)[C@@H]2OCC(COc3ccc(Br)cc3)O[C@@H]21. The zero-order valence-corrected chi connectivity index (χ0v) is 10.9. The molecule has 1 saturated carbocycles. The molecule has 1 aliphatic carbocycles. The maximum atomic E-state index is 13.0. The fraction of sp³-hybridized carbons (Fsp3) is 0.500. The molecule has 0 N–H and O–H groups in total. The molecule has 6 heteroatoms. The van der Waals surface area contributed by atoms with Gasteiger partial charge in [0.05, 0.1) is 6.61 Å². The van der Waals surface area contributed by atoms with E-state index < -0.39 is 24.2 Å². The first-order chi connectivity index (χ1) is 8.57. The van der Waals surface area contributed by atoms with Crippen molar-refractivity contribution >= 4 is 15.9 Å². The maximum absolute atomic E-state index is 13.0. The number of ether oxygens (including phenoxy) is 3. The average Bonchev–Trinajstić information content (AvgIpc) is 2.91. The Morgan fingerprint density at radius 2 is 2.00 bits per heavy atom. The van der Waals surface area contributed by atoms with E-state index in [1.165, 1.54) is 0 Å². The van der Waals surface area contributed by atoms with Crippen molar-refractivity contribution < 1.29 is 23.0 Å². The summed E-state index contributed by atoms with van der Waals surface area (Å²) in [5.74, 6) is -2.15. The van der Waals surface area contributed by atoms with E-state index in [4.69, 9.17) is 14.2 Å². The number of alkyl halides is 2. The van der Waals surface area contributed by atoms with Gasteiger partial charge in [-0.2, -0.15) is 0 Å². The lowest BCUT2D eigenvalue weighted by molar-refractivity contribution is -0.106. The minimum absolute atomic E-state index is 0.146. The molecule has 3 nitrogen and oxygen atoms in total. The molecule has 3 atom stereocenters. The standard InChI is InChI=1S/C12H11BrF2O3/c13-7-1-3-8(4-2-7)16-5-9-6-17-10-11(18-9)12(10,14)15/h1-4,9-11H,5-6H2/t9?,10-,11+/m1/s1. The van der Waals surface area contributed by atoms with Crippen LogP contribution in [0.1, 0.15) is 0 Å². The van der Waals surface area contributed by atoms with E-state index in [1.54, 1.807) is 12.1 Å². The highest BCUT2D eigenvalue weighted by molar-refractivity contribution is 9.10. The third kappa shape index (κ3) is 2.24. The van der Waals surface area contributed by atoms with E-state index in [9.17, 15) is 8.78 Å². The van der Waals surface area contributed by atoms with Crippen molar-refractivity contribution in [3.8, 4) is 5.75 Å². The molecule has 1 aromatic carbocycles. The smallest absolute Gasteiger partial charge is 0.304 e. The van der Waals surface area contributed by atoms with Crippen molar-refractivity contribution in [2.45, 2.75) is 24.2 Å². The summed E-state index contributed by atoms with van der Waals surface area (Å²) in [6.45, 7) is 0.355. The predicted octanol–water partition coefficient (Wildman–Crippen LogP) is 2.63. The molecule has 1 saturated heterocycles. The van der Waals surface area contributed by atoms with Crippen LogP contribution in [0.2, 0.25) is 0 Å². The second kappa shape index (κ2) is 4.43. The molecule has 0 radical (unpaired) electrons. The minimum Gasteiger partial charge on any atom is -0.491 e. The van der Waals surface area contributed by atoms with Crippen LogP contribution >= 0.6 is 15.9 Å². The van der Waals surface area contributed by atoms with E-state index in [0.29, 0.717) is 5.75 Å². The molecule has 0 aromatic heterocycles. The van der Waals surface area contributed by atoms with Gasteiger partial charge in [0, 0.05) is 4.47 Å². The third-order valence-electron chi connectivity index (χ3n) is 2.97. The minimum atomic E-state index is -2.83. The summed E-state index contributed by atoms with van der Waals surface area (Å²) in [6.07, 6.45) is -2.59. The summed E-state index contributed by atoms with van der Waals surface area (Å²) in [6, 6.07) is 7.28. The Morgan fingerprint density at radius 3 is 2.67 bits per heavy atom. The van der Waals surface area contributed by atoms with Gasteiger partial charge >= 0.3 is 5.92 Å².